The number of para-hydroxylation sites is 3. The van der Waals surface area contributed by atoms with Gasteiger partial charge < -0.3 is 14.8 Å². The Morgan fingerprint density at radius 1 is 0.875 bits per heavy atom. The monoisotopic (exact) mass is 428 g/mol. The molecular formula is C26H24N2O4. The molecule has 6 heteroatoms. The van der Waals surface area contributed by atoms with E-state index in [9.17, 15) is 9.59 Å². The molecule has 2 amide bonds. The maximum atomic E-state index is 13.6. The van der Waals surface area contributed by atoms with Crippen molar-refractivity contribution in [3.05, 3.63) is 89.6 Å². The van der Waals surface area contributed by atoms with Gasteiger partial charge in [-0.2, -0.15) is 0 Å². The lowest BCUT2D eigenvalue weighted by molar-refractivity contribution is -0.120. The zero-order chi connectivity index (χ0) is 22.7. The fraction of sp³-hybridized carbons (Fsp3) is 0.154. The van der Waals surface area contributed by atoms with Crippen LogP contribution in [0.5, 0.6) is 11.5 Å². The molecule has 0 aromatic heterocycles. The van der Waals surface area contributed by atoms with Gasteiger partial charge in [-0.25, -0.2) is 4.90 Å². The highest BCUT2D eigenvalue weighted by Gasteiger charge is 2.41. The normalized spacial score (nSPS) is 13.5. The first-order valence-corrected chi connectivity index (χ1v) is 10.4. The molecule has 1 aliphatic rings. The van der Waals surface area contributed by atoms with E-state index in [4.69, 9.17) is 9.47 Å². The van der Waals surface area contributed by atoms with Gasteiger partial charge in [-0.3, -0.25) is 9.59 Å². The third-order valence-corrected chi connectivity index (χ3v) is 5.27. The highest BCUT2D eigenvalue weighted by Crippen LogP contribution is 2.38. The van der Waals surface area contributed by atoms with Crippen molar-refractivity contribution in [1.29, 1.82) is 0 Å². The van der Waals surface area contributed by atoms with E-state index in [1.54, 1.807) is 49.6 Å². The van der Waals surface area contributed by atoms with Crippen LogP contribution >= 0.6 is 0 Å². The number of rotatable bonds is 7. The van der Waals surface area contributed by atoms with Gasteiger partial charge in [0.05, 0.1) is 25.0 Å². The summed E-state index contributed by atoms with van der Waals surface area (Å²) in [5, 5.41) is 3.21. The molecule has 1 heterocycles. The minimum absolute atomic E-state index is 0.223. The SMILES string of the molecule is CCOc1ccccc1N1C(=O)C(Nc2ccccc2C)=C(c2ccc(OC)cc2)C1=O. The van der Waals surface area contributed by atoms with E-state index < -0.39 is 11.8 Å². The molecule has 0 bridgehead atoms. The van der Waals surface area contributed by atoms with Crippen LogP contribution in [0.3, 0.4) is 0 Å². The van der Waals surface area contributed by atoms with E-state index in [0.717, 1.165) is 11.3 Å². The van der Waals surface area contributed by atoms with Crippen LogP contribution in [0.1, 0.15) is 18.1 Å². The number of nitrogens with one attached hydrogen (secondary N) is 1. The van der Waals surface area contributed by atoms with E-state index in [0.29, 0.717) is 34.9 Å². The Kier molecular flexibility index (Phi) is 5.94. The summed E-state index contributed by atoms with van der Waals surface area (Å²) in [5.74, 6) is 0.292. The molecule has 0 saturated carbocycles. The number of hydrogen-bond acceptors (Lipinski definition) is 5. The van der Waals surface area contributed by atoms with E-state index in [1.807, 2.05) is 44.2 Å². The van der Waals surface area contributed by atoms with Gasteiger partial charge in [0.1, 0.15) is 17.2 Å². The van der Waals surface area contributed by atoms with Gasteiger partial charge in [-0.05, 0) is 55.3 Å². The van der Waals surface area contributed by atoms with Crippen molar-refractivity contribution in [3.8, 4) is 11.5 Å². The predicted octanol–water partition coefficient (Wildman–Crippen LogP) is 4.80. The Labute approximate surface area is 187 Å². The third kappa shape index (κ3) is 3.83. The van der Waals surface area contributed by atoms with Gasteiger partial charge in [0.25, 0.3) is 11.8 Å². The number of nitrogens with zero attached hydrogens (tertiary/aromatic N) is 1. The summed E-state index contributed by atoms with van der Waals surface area (Å²) >= 11 is 0. The first-order chi connectivity index (χ1) is 15.5. The second-order valence-electron chi connectivity index (χ2n) is 7.26. The van der Waals surface area contributed by atoms with Crippen molar-refractivity contribution < 1.29 is 19.1 Å². The van der Waals surface area contributed by atoms with Crippen molar-refractivity contribution in [2.75, 3.05) is 23.9 Å². The average molecular weight is 428 g/mol. The molecule has 4 rings (SSSR count). The zero-order valence-electron chi connectivity index (χ0n) is 18.2. The average Bonchev–Trinajstić information content (AvgIpc) is 3.05. The van der Waals surface area contributed by atoms with Crippen molar-refractivity contribution in [1.82, 2.24) is 0 Å². The van der Waals surface area contributed by atoms with Crippen LogP contribution in [0.15, 0.2) is 78.5 Å². The van der Waals surface area contributed by atoms with Crippen LogP contribution in [0.25, 0.3) is 5.57 Å². The first kappa shape index (κ1) is 21.2. The molecule has 3 aromatic rings. The lowest BCUT2D eigenvalue weighted by Gasteiger charge is -2.19. The molecule has 0 atom stereocenters. The first-order valence-electron chi connectivity index (χ1n) is 10.4. The van der Waals surface area contributed by atoms with Crippen molar-refractivity contribution in [2.45, 2.75) is 13.8 Å². The van der Waals surface area contributed by atoms with Crippen LogP contribution < -0.4 is 19.7 Å². The number of aryl methyl sites for hydroxylation is 1. The number of methoxy groups -OCH3 is 1. The molecule has 0 aliphatic carbocycles. The van der Waals surface area contributed by atoms with Crippen molar-refractivity contribution >= 4 is 28.8 Å². The van der Waals surface area contributed by atoms with E-state index in [2.05, 4.69) is 5.32 Å². The molecule has 1 N–H and O–H groups in total. The third-order valence-electron chi connectivity index (χ3n) is 5.27. The molecule has 1 aliphatic heterocycles. The van der Waals surface area contributed by atoms with Gasteiger partial charge in [0.2, 0.25) is 0 Å². The summed E-state index contributed by atoms with van der Waals surface area (Å²) in [6.07, 6.45) is 0. The molecule has 0 unspecified atom stereocenters. The number of hydrogen-bond donors (Lipinski definition) is 1. The fourth-order valence-electron chi connectivity index (χ4n) is 3.66. The lowest BCUT2D eigenvalue weighted by atomic mass is 10.0. The molecule has 0 saturated heterocycles. The molecule has 32 heavy (non-hydrogen) atoms. The Balaban J connectivity index is 1.84. The number of carbonyl (C=O) groups excluding carboxylic acids is 2. The number of benzene rings is 3. The van der Waals surface area contributed by atoms with E-state index in [1.165, 1.54) is 4.90 Å². The van der Waals surface area contributed by atoms with Crippen molar-refractivity contribution in [2.24, 2.45) is 0 Å². The minimum Gasteiger partial charge on any atom is -0.497 e. The summed E-state index contributed by atoms with van der Waals surface area (Å²) in [6.45, 7) is 4.22. The summed E-state index contributed by atoms with van der Waals surface area (Å²) in [6, 6.07) is 21.8. The van der Waals surface area contributed by atoms with Crippen LogP contribution in [-0.2, 0) is 9.59 Å². The molecule has 6 nitrogen and oxygen atoms in total. The summed E-state index contributed by atoms with van der Waals surface area (Å²) in [7, 11) is 1.58. The standard InChI is InChI=1S/C26H24N2O4/c1-4-32-22-12-8-7-11-21(22)28-25(29)23(18-13-15-19(31-3)16-14-18)24(26(28)30)27-20-10-6-5-9-17(20)2/h5-16,27H,4H2,1-3H3. The Bertz CT molecular complexity index is 1200. The largest absolute Gasteiger partial charge is 0.497 e. The Morgan fingerprint density at radius 3 is 2.25 bits per heavy atom. The fourth-order valence-corrected chi connectivity index (χ4v) is 3.66. The van der Waals surface area contributed by atoms with E-state index >= 15 is 0 Å². The highest BCUT2D eigenvalue weighted by molar-refractivity contribution is 6.46. The number of imide groups is 1. The topological polar surface area (TPSA) is 67.9 Å². The smallest absolute Gasteiger partial charge is 0.282 e. The lowest BCUT2D eigenvalue weighted by Crippen LogP contribution is -2.32. The Morgan fingerprint density at radius 2 is 1.56 bits per heavy atom. The van der Waals surface area contributed by atoms with Gasteiger partial charge in [0, 0.05) is 5.69 Å². The number of carbonyl (C=O) groups is 2. The zero-order valence-corrected chi connectivity index (χ0v) is 18.2. The van der Waals surface area contributed by atoms with E-state index in [-0.39, 0.29) is 5.70 Å². The quantitative estimate of drug-likeness (QED) is 0.548. The Hall–Kier alpha value is -4.06. The molecule has 0 fully saturated rings. The second-order valence-corrected chi connectivity index (χ2v) is 7.26. The maximum Gasteiger partial charge on any atom is 0.282 e. The predicted molar refractivity (Wildman–Crippen MR) is 125 cm³/mol. The van der Waals surface area contributed by atoms with Crippen LogP contribution in [0.2, 0.25) is 0 Å². The number of anilines is 2. The second kappa shape index (κ2) is 8.98. The number of amides is 2. The molecule has 162 valence electrons. The van der Waals surface area contributed by atoms with Crippen LogP contribution in [0.4, 0.5) is 11.4 Å². The van der Waals surface area contributed by atoms with Gasteiger partial charge in [-0.15, -0.1) is 0 Å². The molecule has 0 spiro atoms. The number of ether oxygens (including phenoxy) is 2. The van der Waals surface area contributed by atoms with Crippen LogP contribution in [0, 0.1) is 6.92 Å². The molecule has 3 aromatic carbocycles. The molecule has 0 radical (unpaired) electrons. The van der Waals surface area contributed by atoms with Gasteiger partial charge in [0.15, 0.2) is 0 Å². The minimum atomic E-state index is -0.434. The maximum absolute atomic E-state index is 13.6. The highest BCUT2D eigenvalue weighted by atomic mass is 16.5. The van der Waals surface area contributed by atoms with Gasteiger partial charge >= 0.3 is 0 Å². The van der Waals surface area contributed by atoms with Gasteiger partial charge in [-0.1, -0.05) is 42.5 Å². The van der Waals surface area contributed by atoms with Crippen LogP contribution in [-0.4, -0.2) is 25.5 Å². The van der Waals surface area contributed by atoms with Crippen molar-refractivity contribution in [3.63, 3.8) is 0 Å². The summed E-state index contributed by atoms with van der Waals surface area (Å²) in [5.41, 5.74) is 3.28. The molecular weight excluding hydrogens is 404 g/mol. The summed E-state index contributed by atoms with van der Waals surface area (Å²) in [4.78, 5) is 28.4. The summed E-state index contributed by atoms with van der Waals surface area (Å²) < 4.78 is 10.9.